The zero-order chi connectivity index (χ0) is 9.68. The lowest BCUT2D eigenvalue weighted by Crippen LogP contribution is -2.44. The summed E-state index contributed by atoms with van der Waals surface area (Å²) in [5.41, 5.74) is 0. The van der Waals surface area contributed by atoms with Gasteiger partial charge in [0.1, 0.15) is 0 Å². The van der Waals surface area contributed by atoms with E-state index in [2.05, 4.69) is 10.2 Å². The second-order valence-corrected chi connectivity index (χ2v) is 3.58. The van der Waals surface area contributed by atoms with Gasteiger partial charge in [-0.05, 0) is 0 Å². The van der Waals surface area contributed by atoms with Crippen molar-refractivity contribution in [3.05, 3.63) is 0 Å². The summed E-state index contributed by atoms with van der Waals surface area (Å²) in [5.74, 6) is 0.188. The number of rotatable bonds is 3. The van der Waals surface area contributed by atoms with Gasteiger partial charge < -0.3 is 10.1 Å². The second kappa shape index (κ2) is 5.19. The van der Waals surface area contributed by atoms with Crippen LogP contribution in [0.1, 0.15) is 13.8 Å². The van der Waals surface area contributed by atoms with Gasteiger partial charge in [-0.15, -0.1) is 0 Å². The summed E-state index contributed by atoms with van der Waals surface area (Å²) < 4.78 is 5.20. The molecule has 1 fully saturated rings. The Bertz CT molecular complexity index is 165. The molecule has 0 unspecified atom stereocenters. The van der Waals surface area contributed by atoms with Crippen molar-refractivity contribution in [3.8, 4) is 0 Å². The van der Waals surface area contributed by atoms with Crippen LogP contribution in [-0.4, -0.2) is 43.8 Å². The fourth-order valence-corrected chi connectivity index (χ4v) is 1.15. The summed E-state index contributed by atoms with van der Waals surface area (Å²) in [6.45, 7) is 7.83. The first kappa shape index (κ1) is 10.5. The van der Waals surface area contributed by atoms with E-state index in [1.54, 1.807) is 0 Å². The van der Waals surface area contributed by atoms with Crippen LogP contribution < -0.4 is 5.32 Å². The van der Waals surface area contributed by atoms with Crippen LogP contribution in [0.25, 0.3) is 0 Å². The third kappa shape index (κ3) is 3.74. The third-order valence-electron chi connectivity index (χ3n) is 2.10. The molecule has 0 bridgehead atoms. The second-order valence-electron chi connectivity index (χ2n) is 3.58. The molecular formula is C9H18N2O2. The first-order valence-corrected chi connectivity index (χ1v) is 4.78. The number of hydrogen-bond acceptors (Lipinski definition) is 3. The topological polar surface area (TPSA) is 41.6 Å². The van der Waals surface area contributed by atoms with Crippen molar-refractivity contribution in [2.75, 3.05) is 33.0 Å². The minimum Gasteiger partial charge on any atom is -0.379 e. The Morgan fingerprint density at radius 2 is 2.08 bits per heavy atom. The molecule has 13 heavy (non-hydrogen) atoms. The minimum atomic E-state index is 0.0704. The lowest BCUT2D eigenvalue weighted by molar-refractivity contribution is -0.125. The van der Waals surface area contributed by atoms with Gasteiger partial charge in [-0.1, -0.05) is 13.8 Å². The summed E-state index contributed by atoms with van der Waals surface area (Å²) in [5, 5.41) is 2.88. The Hall–Kier alpha value is -0.610. The molecule has 0 radical (unpaired) electrons. The largest absolute Gasteiger partial charge is 0.379 e. The van der Waals surface area contributed by atoms with Crippen LogP contribution in [0, 0.1) is 5.92 Å². The molecular weight excluding hydrogens is 168 g/mol. The predicted octanol–water partition coefficient (Wildman–Crippen LogP) is 0.0483. The normalized spacial score (nSPS) is 19.0. The van der Waals surface area contributed by atoms with Gasteiger partial charge >= 0.3 is 0 Å². The van der Waals surface area contributed by atoms with Gasteiger partial charge in [0.25, 0.3) is 0 Å². The van der Waals surface area contributed by atoms with Crippen molar-refractivity contribution in [3.63, 3.8) is 0 Å². The number of carbonyl (C=O) groups is 1. The van der Waals surface area contributed by atoms with Gasteiger partial charge in [0.15, 0.2) is 0 Å². The van der Waals surface area contributed by atoms with Crippen molar-refractivity contribution in [2.24, 2.45) is 5.92 Å². The maximum absolute atomic E-state index is 11.2. The average Bonchev–Trinajstić information content (AvgIpc) is 2.15. The van der Waals surface area contributed by atoms with Gasteiger partial charge in [-0.2, -0.15) is 0 Å². The Morgan fingerprint density at radius 3 is 2.62 bits per heavy atom. The van der Waals surface area contributed by atoms with E-state index in [4.69, 9.17) is 4.74 Å². The highest BCUT2D eigenvalue weighted by Crippen LogP contribution is 1.95. The first-order valence-electron chi connectivity index (χ1n) is 4.78. The van der Waals surface area contributed by atoms with Gasteiger partial charge in [-0.3, -0.25) is 9.69 Å². The van der Waals surface area contributed by atoms with E-state index in [0.717, 1.165) is 26.3 Å². The Kier molecular flexibility index (Phi) is 4.18. The monoisotopic (exact) mass is 186 g/mol. The van der Waals surface area contributed by atoms with Crippen molar-refractivity contribution in [2.45, 2.75) is 13.8 Å². The fraction of sp³-hybridized carbons (Fsp3) is 0.889. The van der Waals surface area contributed by atoms with E-state index in [9.17, 15) is 4.79 Å². The molecule has 0 aromatic rings. The fourth-order valence-electron chi connectivity index (χ4n) is 1.15. The van der Waals surface area contributed by atoms with Crippen LogP contribution in [0.3, 0.4) is 0 Å². The highest BCUT2D eigenvalue weighted by atomic mass is 16.5. The molecule has 0 spiro atoms. The molecule has 0 aromatic carbocycles. The van der Waals surface area contributed by atoms with Crippen LogP contribution in [0.5, 0.6) is 0 Å². The number of hydrogen-bond donors (Lipinski definition) is 1. The summed E-state index contributed by atoms with van der Waals surface area (Å²) in [6.07, 6.45) is 0. The molecule has 0 saturated carbocycles. The molecule has 76 valence electrons. The standard InChI is InChI=1S/C9H18N2O2/c1-8(2)9(12)10-7-11-3-5-13-6-4-11/h8H,3-7H2,1-2H3,(H,10,12). The molecule has 1 N–H and O–H groups in total. The zero-order valence-corrected chi connectivity index (χ0v) is 8.38. The lowest BCUT2D eigenvalue weighted by atomic mass is 10.2. The van der Waals surface area contributed by atoms with Gasteiger partial charge in [-0.25, -0.2) is 0 Å². The molecule has 4 heteroatoms. The summed E-state index contributed by atoms with van der Waals surface area (Å²) >= 11 is 0. The molecule has 1 saturated heterocycles. The Labute approximate surface area is 79.2 Å². The molecule has 4 nitrogen and oxygen atoms in total. The highest BCUT2D eigenvalue weighted by Gasteiger charge is 2.12. The van der Waals surface area contributed by atoms with E-state index in [1.807, 2.05) is 13.8 Å². The van der Waals surface area contributed by atoms with Crippen molar-refractivity contribution >= 4 is 5.91 Å². The molecule has 1 amide bonds. The number of nitrogens with one attached hydrogen (secondary N) is 1. The number of ether oxygens (including phenoxy) is 1. The highest BCUT2D eigenvalue weighted by molar-refractivity contribution is 5.77. The number of morpholine rings is 1. The van der Waals surface area contributed by atoms with Gasteiger partial charge in [0.05, 0.1) is 19.9 Å². The number of nitrogens with zero attached hydrogens (tertiary/aromatic N) is 1. The lowest BCUT2D eigenvalue weighted by Gasteiger charge is -2.26. The Morgan fingerprint density at radius 1 is 1.46 bits per heavy atom. The van der Waals surface area contributed by atoms with Crippen molar-refractivity contribution < 1.29 is 9.53 Å². The van der Waals surface area contributed by atoms with Crippen molar-refractivity contribution in [1.82, 2.24) is 10.2 Å². The predicted molar refractivity (Wildman–Crippen MR) is 50.2 cm³/mol. The molecule has 1 aliphatic rings. The molecule has 1 heterocycles. The number of carbonyl (C=O) groups excluding carboxylic acids is 1. The molecule has 0 aromatic heterocycles. The molecule has 0 atom stereocenters. The van der Waals surface area contributed by atoms with Crippen molar-refractivity contribution in [1.29, 1.82) is 0 Å². The van der Waals surface area contributed by atoms with Gasteiger partial charge in [0, 0.05) is 19.0 Å². The summed E-state index contributed by atoms with van der Waals surface area (Å²) in [7, 11) is 0. The van der Waals surface area contributed by atoms with Crippen LogP contribution in [0.15, 0.2) is 0 Å². The van der Waals surface area contributed by atoms with E-state index in [0.29, 0.717) is 6.67 Å². The quantitative estimate of drug-likeness (QED) is 0.677. The maximum atomic E-state index is 11.2. The smallest absolute Gasteiger partial charge is 0.223 e. The Balaban J connectivity index is 2.13. The van der Waals surface area contributed by atoms with Crippen LogP contribution in [0.2, 0.25) is 0 Å². The minimum absolute atomic E-state index is 0.0704. The van der Waals surface area contributed by atoms with Crippen LogP contribution in [-0.2, 0) is 9.53 Å². The molecule has 1 aliphatic heterocycles. The number of amides is 1. The SMILES string of the molecule is CC(C)C(=O)NCN1CCOCC1. The van der Waals surface area contributed by atoms with Crippen LogP contribution >= 0.6 is 0 Å². The van der Waals surface area contributed by atoms with E-state index >= 15 is 0 Å². The zero-order valence-electron chi connectivity index (χ0n) is 8.38. The first-order chi connectivity index (χ1) is 6.20. The van der Waals surface area contributed by atoms with E-state index < -0.39 is 0 Å². The summed E-state index contributed by atoms with van der Waals surface area (Å²) in [6, 6.07) is 0. The van der Waals surface area contributed by atoms with E-state index in [-0.39, 0.29) is 11.8 Å². The average molecular weight is 186 g/mol. The van der Waals surface area contributed by atoms with Gasteiger partial charge in [0.2, 0.25) is 5.91 Å². The summed E-state index contributed by atoms with van der Waals surface area (Å²) in [4.78, 5) is 13.4. The van der Waals surface area contributed by atoms with E-state index in [1.165, 1.54) is 0 Å². The molecule has 1 rings (SSSR count). The van der Waals surface area contributed by atoms with Crippen LogP contribution in [0.4, 0.5) is 0 Å². The maximum Gasteiger partial charge on any atom is 0.223 e. The molecule has 0 aliphatic carbocycles. The third-order valence-corrected chi connectivity index (χ3v) is 2.10.